The molecule has 0 unspecified atom stereocenters. The highest BCUT2D eigenvalue weighted by Gasteiger charge is 2.30. The van der Waals surface area contributed by atoms with Gasteiger partial charge in [0.1, 0.15) is 42.2 Å². The number of nitrogens with zero attached hydrogens (tertiary/aromatic N) is 11. The summed E-state index contributed by atoms with van der Waals surface area (Å²) in [6, 6.07) is 27.0. The van der Waals surface area contributed by atoms with E-state index in [1.807, 2.05) is 25.1 Å². The third-order valence-corrected chi connectivity index (χ3v) is 16.3. The number of aldehydes is 1. The van der Waals surface area contributed by atoms with Gasteiger partial charge in [-0.15, -0.1) is 10.2 Å². The maximum atomic E-state index is 13.5. The zero-order valence-electron chi connectivity index (χ0n) is 48.4. The van der Waals surface area contributed by atoms with Crippen LogP contribution in [0.15, 0.2) is 113 Å². The zero-order valence-corrected chi connectivity index (χ0v) is 51.5. The number of benzene rings is 5. The van der Waals surface area contributed by atoms with Gasteiger partial charge in [-0.1, -0.05) is 50.4 Å². The molecule has 6 aliphatic heterocycles. The number of piperazine rings is 2. The van der Waals surface area contributed by atoms with Gasteiger partial charge in [0.05, 0.1) is 69.1 Å². The molecule has 6 saturated heterocycles. The summed E-state index contributed by atoms with van der Waals surface area (Å²) in [6.07, 6.45) is 7.79. The number of ether oxygens (including phenoxy) is 3. The lowest BCUT2D eigenvalue weighted by atomic mass is 10.1. The molecule has 23 heteroatoms. The van der Waals surface area contributed by atoms with Gasteiger partial charge in [0.25, 0.3) is 0 Å². The molecule has 85 heavy (non-hydrogen) atoms. The number of carbonyl (C=O) groups is 1. The normalized spacial score (nSPS) is 18.1. The Morgan fingerprint density at radius 3 is 1.39 bits per heavy atom. The number of likely N-dealkylation sites (tertiary alicyclic amines) is 1. The van der Waals surface area contributed by atoms with Crippen molar-refractivity contribution in [3.8, 4) is 11.4 Å². The Balaban J connectivity index is 0.000000138. The highest BCUT2D eigenvalue weighted by atomic mass is 79.9. The van der Waals surface area contributed by atoms with E-state index in [1.54, 1.807) is 6.07 Å². The van der Waals surface area contributed by atoms with Gasteiger partial charge in [-0.25, -0.2) is 31.9 Å². The van der Waals surface area contributed by atoms with Crippen molar-refractivity contribution in [1.29, 1.82) is 0 Å². The van der Waals surface area contributed by atoms with Crippen molar-refractivity contribution in [2.24, 2.45) is 0 Å². The zero-order chi connectivity index (χ0) is 59.8. The van der Waals surface area contributed by atoms with Crippen LogP contribution in [0.5, 0.6) is 0 Å². The van der Waals surface area contributed by atoms with Crippen LogP contribution in [0.25, 0.3) is 11.4 Å². The maximum absolute atomic E-state index is 13.5. The molecule has 0 atom stereocenters. The first-order valence-corrected chi connectivity index (χ1v) is 30.4. The number of piperidine rings is 1. The number of hydrogen-bond donors (Lipinski definition) is 2. The third kappa shape index (κ3) is 19.5. The predicted molar refractivity (Wildman–Crippen MR) is 328 cm³/mol. The molecule has 6 fully saturated rings. The topological polar surface area (TPSA) is 160 Å². The largest absolute Gasteiger partial charge is 0.378 e. The molecule has 7 aromatic rings. The van der Waals surface area contributed by atoms with Crippen LogP contribution in [0, 0.1) is 44.0 Å². The molecular formula is C62H75Br2F4N13O4. The summed E-state index contributed by atoms with van der Waals surface area (Å²) in [5, 5.41) is 11.2. The first kappa shape index (κ1) is 63.5. The van der Waals surface area contributed by atoms with Crippen molar-refractivity contribution in [3.05, 3.63) is 169 Å². The van der Waals surface area contributed by atoms with E-state index in [9.17, 15) is 22.4 Å². The number of hydrogen-bond acceptors (Lipinski definition) is 15. The fourth-order valence-corrected chi connectivity index (χ4v) is 12.0. The molecule has 0 saturated carbocycles. The Kier molecular flexibility index (Phi) is 23.2. The van der Waals surface area contributed by atoms with Gasteiger partial charge < -0.3 is 25.3 Å². The van der Waals surface area contributed by atoms with Crippen LogP contribution in [0.1, 0.15) is 57.4 Å². The van der Waals surface area contributed by atoms with Crippen LogP contribution in [-0.4, -0.2) is 184 Å². The van der Waals surface area contributed by atoms with E-state index in [4.69, 9.17) is 19.9 Å². The fourth-order valence-electron chi connectivity index (χ4n) is 10.8. The minimum atomic E-state index is -0.672. The average Bonchev–Trinajstić information content (AvgIpc) is 4.24. The Morgan fingerprint density at radius 1 is 0.518 bits per heavy atom. The van der Waals surface area contributed by atoms with Gasteiger partial charge in [0.15, 0.2) is 0 Å². The summed E-state index contributed by atoms with van der Waals surface area (Å²) in [6.45, 7) is 25.3. The maximum Gasteiger partial charge on any atom is 0.246 e. The first-order chi connectivity index (χ1) is 41.1. The van der Waals surface area contributed by atoms with E-state index in [0.29, 0.717) is 23.6 Å². The number of halogens is 6. The van der Waals surface area contributed by atoms with Gasteiger partial charge in [-0.2, -0.15) is 4.98 Å². The Hall–Kier alpha value is -5.99. The summed E-state index contributed by atoms with van der Waals surface area (Å²) in [7, 11) is 0. The van der Waals surface area contributed by atoms with E-state index >= 15 is 0 Å². The van der Waals surface area contributed by atoms with Crippen LogP contribution in [0.2, 0.25) is 0 Å². The summed E-state index contributed by atoms with van der Waals surface area (Å²) < 4.78 is 73.0. The molecule has 0 amide bonds. The monoisotopic (exact) mass is 1300 g/mol. The smallest absolute Gasteiger partial charge is 0.246 e. The number of rotatable bonds is 12. The second-order valence-electron chi connectivity index (χ2n) is 22.3. The standard InChI is InChI=1S/C23H26F2N6O.C15H21BrN2O.C8H7BrO.C8H6F2N4.C8H15NO/c1-16-6-17(12-29-2-4-30(5-3-29)22-13-32-14-22)8-20(7-16)27-23-26-15-31(28-23)21-10-18(24)9-19(25)11-21;1-12-6-13(8-14(16)7-12)9-17-2-4-18(5-3-17)15-10-19-11-15;1-6-2-7(5-10)4-8(9)3-6;9-5-1-6(10)3-7(2-5)14-4-12-8(11)13-14;1-2-4-9(5-3-1)8-6-10-7-8/h6-11,15,22H,2-5,12-14H2,1H3,(H,27,28);6-8,15H,2-5,9-11H2,1H3;2-5H,1H3;1-4H,(H2,11,13);8H,1-7H2. The van der Waals surface area contributed by atoms with Crippen LogP contribution in [0.4, 0.5) is 35.1 Å². The second-order valence-corrected chi connectivity index (χ2v) is 24.1. The molecule has 13 rings (SSSR count). The Bertz CT molecular complexity index is 3190. The molecule has 8 heterocycles. The third-order valence-electron chi connectivity index (χ3n) is 15.3. The van der Waals surface area contributed by atoms with Crippen molar-refractivity contribution in [2.45, 2.75) is 71.2 Å². The van der Waals surface area contributed by atoms with Crippen LogP contribution >= 0.6 is 31.9 Å². The number of aryl methyl sites for hydroxylation is 3. The van der Waals surface area contributed by atoms with Gasteiger partial charge in [0, 0.05) is 97.8 Å². The molecule has 0 spiro atoms. The molecule has 454 valence electrons. The predicted octanol–water partition coefficient (Wildman–Crippen LogP) is 9.96. The first-order valence-electron chi connectivity index (χ1n) is 28.8. The van der Waals surface area contributed by atoms with Crippen LogP contribution in [0.3, 0.4) is 0 Å². The quantitative estimate of drug-likeness (QED) is 0.0878. The Labute approximate surface area is 511 Å². The highest BCUT2D eigenvalue weighted by molar-refractivity contribution is 9.10. The molecule has 3 N–H and O–H groups in total. The molecule has 17 nitrogen and oxygen atoms in total. The molecule has 0 aliphatic carbocycles. The SMILES string of the molecule is C1CCN(C2COC2)CC1.Cc1cc(Br)cc(C=O)c1.Cc1cc(Br)cc(CN2CCN(C3COC3)CC2)c1.Cc1cc(CN2CCN(C3COC3)CC2)cc(Nc2ncn(-c3cc(F)cc(F)c3)n2)c1.Nc1ncn(-c2cc(F)cc(F)c2)n1. The van der Waals surface area contributed by atoms with E-state index in [0.717, 1.165) is 137 Å². The molecule has 5 aromatic carbocycles. The van der Waals surface area contributed by atoms with E-state index < -0.39 is 23.3 Å². The fraction of sp³-hybridized carbons (Fsp3) is 0.435. The lowest BCUT2D eigenvalue weighted by Gasteiger charge is -2.42. The van der Waals surface area contributed by atoms with Crippen molar-refractivity contribution in [2.75, 3.05) is 116 Å². The number of nitrogen functional groups attached to an aromatic ring is 1. The molecule has 2 aromatic heterocycles. The summed E-state index contributed by atoms with van der Waals surface area (Å²) >= 11 is 6.88. The summed E-state index contributed by atoms with van der Waals surface area (Å²) in [5.41, 5.74) is 13.6. The second kappa shape index (κ2) is 31.1. The Morgan fingerprint density at radius 2 is 0.953 bits per heavy atom. The van der Waals surface area contributed by atoms with E-state index in [1.165, 1.54) is 114 Å². The van der Waals surface area contributed by atoms with Gasteiger partial charge in [-0.3, -0.25) is 29.3 Å². The minimum Gasteiger partial charge on any atom is -0.378 e. The number of aromatic nitrogens is 6. The van der Waals surface area contributed by atoms with Crippen molar-refractivity contribution in [1.82, 2.24) is 54.0 Å². The lowest BCUT2D eigenvalue weighted by molar-refractivity contribution is -0.0774. The number of carbonyl (C=O) groups excluding carboxylic acids is 1. The van der Waals surface area contributed by atoms with Crippen LogP contribution < -0.4 is 11.1 Å². The number of anilines is 3. The van der Waals surface area contributed by atoms with Crippen LogP contribution in [-0.2, 0) is 27.3 Å². The van der Waals surface area contributed by atoms with Crippen molar-refractivity contribution < 1.29 is 36.6 Å². The summed E-state index contributed by atoms with van der Waals surface area (Å²) in [5.74, 6) is -2.24. The average molecular weight is 1300 g/mol. The van der Waals surface area contributed by atoms with E-state index in [2.05, 4.69) is 126 Å². The van der Waals surface area contributed by atoms with E-state index in [-0.39, 0.29) is 17.3 Å². The van der Waals surface area contributed by atoms with Crippen molar-refractivity contribution in [3.63, 3.8) is 0 Å². The number of nitrogens with two attached hydrogens (primary N) is 1. The molecule has 0 bridgehead atoms. The summed E-state index contributed by atoms with van der Waals surface area (Å²) in [4.78, 5) is 30.9. The van der Waals surface area contributed by atoms with Gasteiger partial charge in [-0.05, 0) is 141 Å². The van der Waals surface area contributed by atoms with Gasteiger partial charge >= 0.3 is 0 Å². The molecule has 0 radical (unpaired) electrons. The van der Waals surface area contributed by atoms with Gasteiger partial charge in [0.2, 0.25) is 11.9 Å². The minimum absolute atomic E-state index is 0.0506. The lowest BCUT2D eigenvalue weighted by Crippen LogP contribution is -2.56. The highest BCUT2D eigenvalue weighted by Crippen LogP contribution is 2.24. The molecular weight excluding hydrogens is 1230 g/mol. The van der Waals surface area contributed by atoms with Crippen molar-refractivity contribution >= 4 is 55.7 Å². The molecule has 6 aliphatic rings. The number of nitrogens with one attached hydrogen (secondary N) is 1.